The van der Waals surface area contributed by atoms with E-state index in [0.29, 0.717) is 5.75 Å². The van der Waals surface area contributed by atoms with Crippen molar-refractivity contribution < 1.29 is 9.53 Å². The number of aromatic amines is 1. The monoisotopic (exact) mass is 244 g/mol. The first kappa shape index (κ1) is 11.9. The second-order valence-corrected chi connectivity index (χ2v) is 3.56. The van der Waals surface area contributed by atoms with E-state index in [1.165, 1.54) is 12.3 Å². The molecule has 1 aromatic carbocycles. The average Bonchev–Trinajstić information content (AvgIpc) is 2.40. The van der Waals surface area contributed by atoms with E-state index in [-0.39, 0.29) is 23.8 Å². The highest BCUT2D eigenvalue weighted by Crippen LogP contribution is 2.08. The molecule has 0 atom stereocenters. The topological polar surface area (TPSA) is 71.2 Å². The molecule has 1 heterocycles. The number of aromatic nitrogens is 1. The maximum absolute atomic E-state index is 11.5. The molecule has 1 aromatic heterocycles. The van der Waals surface area contributed by atoms with Crippen LogP contribution in [0.5, 0.6) is 5.75 Å². The molecule has 0 fully saturated rings. The third-order valence-corrected chi connectivity index (χ3v) is 2.21. The summed E-state index contributed by atoms with van der Waals surface area (Å²) < 4.78 is 5.26. The van der Waals surface area contributed by atoms with Crippen molar-refractivity contribution in [3.05, 3.63) is 59.0 Å². The summed E-state index contributed by atoms with van der Waals surface area (Å²) in [5.41, 5.74) is -0.135. The standard InChI is InChI=1S/C13H12N2O3/c16-12(9-18-10-5-2-1-3-6-10)15-11-7-4-8-14-13(11)17/h1-8H,9H2,(H,14,17)(H,15,16). The van der Waals surface area contributed by atoms with E-state index in [1.54, 1.807) is 18.2 Å². The van der Waals surface area contributed by atoms with Crippen LogP contribution >= 0.6 is 0 Å². The van der Waals surface area contributed by atoms with Crippen molar-refractivity contribution in [1.29, 1.82) is 0 Å². The van der Waals surface area contributed by atoms with Crippen molar-refractivity contribution >= 4 is 11.6 Å². The number of carbonyl (C=O) groups is 1. The van der Waals surface area contributed by atoms with Crippen LogP contribution in [0.3, 0.4) is 0 Å². The van der Waals surface area contributed by atoms with Crippen LogP contribution in [0.4, 0.5) is 5.69 Å². The Morgan fingerprint density at radius 2 is 1.94 bits per heavy atom. The number of carbonyl (C=O) groups excluding carboxylic acids is 1. The van der Waals surface area contributed by atoms with Gasteiger partial charge in [0.25, 0.3) is 11.5 Å². The maximum Gasteiger partial charge on any atom is 0.271 e. The minimum absolute atomic E-state index is 0.141. The quantitative estimate of drug-likeness (QED) is 0.853. The summed E-state index contributed by atoms with van der Waals surface area (Å²) in [5, 5.41) is 2.47. The van der Waals surface area contributed by atoms with E-state index in [0.717, 1.165) is 0 Å². The average molecular weight is 244 g/mol. The number of hydrogen-bond donors (Lipinski definition) is 2. The number of amides is 1. The minimum Gasteiger partial charge on any atom is -0.484 e. The van der Waals surface area contributed by atoms with Gasteiger partial charge < -0.3 is 15.0 Å². The molecule has 0 saturated carbocycles. The fourth-order valence-corrected chi connectivity index (χ4v) is 1.37. The first-order valence-electron chi connectivity index (χ1n) is 5.41. The first-order chi connectivity index (χ1) is 8.75. The Morgan fingerprint density at radius 1 is 1.17 bits per heavy atom. The van der Waals surface area contributed by atoms with Crippen LogP contribution < -0.4 is 15.6 Å². The predicted molar refractivity (Wildman–Crippen MR) is 67.6 cm³/mol. The van der Waals surface area contributed by atoms with Gasteiger partial charge in [-0.2, -0.15) is 0 Å². The molecule has 0 radical (unpaired) electrons. The number of H-pyrrole nitrogens is 1. The lowest BCUT2D eigenvalue weighted by Crippen LogP contribution is -2.24. The van der Waals surface area contributed by atoms with Gasteiger partial charge in [-0.3, -0.25) is 9.59 Å². The van der Waals surface area contributed by atoms with E-state index in [9.17, 15) is 9.59 Å². The van der Waals surface area contributed by atoms with Crippen LogP contribution in [0.2, 0.25) is 0 Å². The van der Waals surface area contributed by atoms with Crippen LogP contribution in [-0.4, -0.2) is 17.5 Å². The van der Waals surface area contributed by atoms with Crippen molar-refractivity contribution in [1.82, 2.24) is 4.98 Å². The van der Waals surface area contributed by atoms with Crippen molar-refractivity contribution in [2.45, 2.75) is 0 Å². The fourth-order valence-electron chi connectivity index (χ4n) is 1.37. The molecule has 92 valence electrons. The van der Waals surface area contributed by atoms with Crippen molar-refractivity contribution in [2.24, 2.45) is 0 Å². The minimum atomic E-state index is -0.379. The largest absolute Gasteiger partial charge is 0.484 e. The summed E-state index contributed by atoms with van der Waals surface area (Å²) >= 11 is 0. The molecule has 5 nitrogen and oxygen atoms in total. The van der Waals surface area contributed by atoms with Crippen molar-refractivity contribution in [2.75, 3.05) is 11.9 Å². The van der Waals surface area contributed by atoms with Gasteiger partial charge in [-0.1, -0.05) is 18.2 Å². The van der Waals surface area contributed by atoms with Gasteiger partial charge in [0, 0.05) is 6.20 Å². The van der Waals surface area contributed by atoms with Gasteiger partial charge >= 0.3 is 0 Å². The number of pyridine rings is 1. The fraction of sp³-hybridized carbons (Fsp3) is 0.0769. The number of para-hydroxylation sites is 1. The summed E-state index contributed by atoms with van der Waals surface area (Å²) in [5.74, 6) is 0.227. The van der Waals surface area contributed by atoms with E-state index in [4.69, 9.17) is 4.74 Å². The second kappa shape index (κ2) is 5.67. The molecule has 2 rings (SSSR count). The molecule has 0 aliphatic carbocycles. The zero-order chi connectivity index (χ0) is 12.8. The lowest BCUT2D eigenvalue weighted by Gasteiger charge is -2.06. The second-order valence-electron chi connectivity index (χ2n) is 3.56. The van der Waals surface area contributed by atoms with Crippen LogP contribution in [0.15, 0.2) is 53.5 Å². The number of nitrogens with one attached hydrogen (secondary N) is 2. The van der Waals surface area contributed by atoms with Crippen LogP contribution in [-0.2, 0) is 4.79 Å². The van der Waals surface area contributed by atoms with Gasteiger partial charge in [-0.05, 0) is 24.3 Å². The first-order valence-corrected chi connectivity index (χ1v) is 5.41. The number of ether oxygens (including phenoxy) is 1. The van der Waals surface area contributed by atoms with Crippen LogP contribution in [0, 0.1) is 0 Å². The molecule has 2 aromatic rings. The predicted octanol–water partition coefficient (Wildman–Crippen LogP) is 1.39. The smallest absolute Gasteiger partial charge is 0.271 e. The summed E-state index contributed by atoms with van der Waals surface area (Å²) in [6.45, 7) is -0.141. The van der Waals surface area contributed by atoms with E-state index in [1.807, 2.05) is 18.2 Å². The highest BCUT2D eigenvalue weighted by atomic mass is 16.5. The summed E-state index contributed by atoms with van der Waals surface area (Å²) in [7, 11) is 0. The SMILES string of the molecule is O=C(COc1ccccc1)Nc1ccc[nH]c1=O. The molecule has 0 unspecified atom stereocenters. The molecule has 18 heavy (non-hydrogen) atoms. The zero-order valence-corrected chi connectivity index (χ0v) is 9.55. The third-order valence-electron chi connectivity index (χ3n) is 2.21. The van der Waals surface area contributed by atoms with Crippen LogP contribution in [0.1, 0.15) is 0 Å². The molecule has 0 aliphatic rings. The Balaban J connectivity index is 1.90. The van der Waals surface area contributed by atoms with Gasteiger partial charge in [0.2, 0.25) is 0 Å². The molecular formula is C13H12N2O3. The summed E-state index contributed by atoms with van der Waals surface area (Å²) in [6.07, 6.45) is 1.50. The number of benzene rings is 1. The Kier molecular flexibility index (Phi) is 3.76. The normalized spacial score (nSPS) is 9.78. The lowest BCUT2D eigenvalue weighted by molar-refractivity contribution is -0.118. The summed E-state index contributed by atoms with van der Waals surface area (Å²) in [4.78, 5) is 25.3. The molecule has 5 heteroatoms. The lowest BCUT2D eigenvalue weighted by atomic mass is 10.3. The zero-order valence-electron chi connectivity index (χ0n) is 9.55. The van der Waals surface area contributed by atoms with E-state index < -0.39 is 0 Å². The van der Waals surface area contributed by atoms with Gasteiger partial charge in [-0.25, -0.2) is 0 Å². The van der Waals surface area contributed by atoms with Gasteiger partial charge in [0.05, 0.1) is 0 Å². The van der Waals surface area contributed by atoms with Gasteiger partial charge in [0.15, 0.2) is 6.61 Å². The molecule has 2 N–H and O–H groups in total. The number of hydrogen-bond acceptors (Lipinski definition) is 3. The molecule has 1 amide bonds. The Labute approximate surface area is 103 Å². The molecule has 0 bridgehead atoms. The van der Waals surface area contributed by atoms with E-state index >= 15 is 0 Å². The van der Waals surface area contributed by atoms with Crippen molar-refractivity contribution in [3.8, 4) is 5.75 Å². The highest BCUT2D eigenvalue weighted by Gasteiger charge is 2.05. The number of rotatable bonds is 4. The Morgan fingerprint density at radius 3 is 2.67 bits per heavy atom. The summed E-state index contributed by atoms with van der Waals surface area (Å²) in [6, 6.07) is 12.2. The number of anilines is 1. The maximum atomic E-state index is 11.5. The highest BCUT2D eigenvalue weighted by molar-refractivity contribution is 5.91. The molecular weight excluding hydrogens is 232 g/mol. The molecule has 0 saturated heterocycles. The van der Waals surface area contributed by atoms with Gasteiger partial charge in [-0.15, -0.1) is 0 Å². The Hall–Kier alpha value is -2.56. The Bertz CT molecular complexity index is 578. The van der Waals surface area contributed by atoms with Gasteiger partial charge in [0.1, 0.15) is 11.4 Å². The molecule has 0 spiro atoms. The molecule has 0 aliphatic heterocycles. The van der Waals surface area contributed by atoms with E-state index in [2.05, 4.69) is 10.3 Å². The van der Waals surface area contributed by atoms with Crippen molar-refractivity contribution in [3.63, 3.8) is 0 Å². The third kappa shape index (κ3) is 3.21. The van der Waals surface area contributed by atoms with Crippen LogP contribution in [0.25, 0.3) is 0 Å².